The highest BCUT2D eigenvalue weighted by atomic mass is 16.7. The van der Waals surface area contributed by atoms with Gasteiger partial charge in [0.05, 0.1) is 21.3 Å². The van der Waals surface area contributed by atoms with Crippen molar-refractivity contribution in [2.24, 2.45) is 0 Å². The molecule has 2 aromatic carbocycles. The number of hydrogen-bond donors (Lipinski definition) is 0. The van der Waals surface area contributed by atoms with E-state index in [4.69, 9.17) is 23.7 Å². The van der Waals surface area contributed by atoms with Gasteiger partial charge in [-0.3, -0.25) is 4.90 Å². The summed E-state index contributed by atoms with van der Waals surface area (Å²) in [5, 5.41) is 0. The van der Waals surface area contributed by atoms with Gasteiger partial charge >= 0.3 is 0 Å². The Labute approximate surface area is 158 Å². The lowest BCUT2D eigenvalue weighted by Gasteiger charge is -2.40. The molecule has 3 aliphatic rings. The van der Waals surface area contributed by atoms with Crippen molar-refractivity contribution >= 4 is 0 Å². The van der Waals surface area contributed by atoms with Gasteiger partial charge in [-0.05, 0) is 48.7 Å². The van der Waals surface area contributed by atoms with Gasteiger partial charge in [0.2, 0.25) is 12.5 Å². The third kappa shape index (κ3) is 2.16. The molecule has 1 atom stereocenters. The van der Waals surface area contributed by atoms with Crippen LogP contribution in [0.1, 0.15) is 22.7 Å². The molecule has 0 spiro atoms. The summed E-state index contributed by atoms with van der Waals surface area (Å²) in [4.78, 5) is 2.41. The van der Waals surface area contributed by atoms with Crippen LogP contribution in [0, 0.1) is 0 Å². The summed E-state index contributed by atoms with van der Waals surface area (Å²) in [6, 6.07) is 4.42. The lowest BCUT2D eigenvalue weighted by atomic mass is 9.76. The first kappa shape index (κ1) is 16.6. The van der Waals surface area contributed by atoms with Crippen molar-refractivity contribution in [2.75, 3.05) is 41.7 Å². The number of hydrogen-bond acceptors (Lipinski definition) is 6. The van der Waals surface area contributed by atoms with E-state index in [2.05, 4.69) is 24.1 Å². The zero-order valence-electron chi connectivity index (χ0n) is 16.0. The maximum Gasteiger partial charge on any atom is 0.231 e. The van der Waals surface area contributed by atoms with Gasteiger partial charge in [0, 0.05) is 23.7 Å². The Bertz CT molecular complexity index is 939. The van der Waals surface area contributed by atoms with Gasteiger partial charge in [0.15, 0.2) is 23.0 Å². The van der Waals surface area contributed by atoms with Crippen molar-refractivity contribution in [1.29, 1.82) is 0 Å². The van der Waals surface area contributed by atoms with Gasteiger partial charge in [-0.1, -0.05) is 0 Å². The molecule has 27 heavy (non-hydrogen) atoms. The summed E-state index contributed by atoms with van der Waals surface area (Å²) in [7, 11) is 7.22. The predicted molar refractivity (Wildman–Crippen MR) is 100 cm³/mol. The smallest absolute Gasteiger partial charge is 0.231 e. The maximum atomic E-state index is 5.94. The molecule has 6 heteroatoms. The molecule has 0 saturated carbocycles. The monoisotopic (exact) mass is 369 g/mol. The van der Waals surface area contributed by atoms with Crippen LogP contribution < -0.4 is 23.7 Å². The second-order valence-corrected chi connectivity index (χ2v) is 7.18. The molecule has 0 radical (unpaired) electrons. The molecule has 0 aromatic heterocycles. The van der Waals surface area contributed by atoms with Crippen LogP contribution in [0.3, 0.4) is 0 Å². The average molecular weight is 369 g/mol. The van der Waals surface area contributed by atoms with E-state index in [-0.39, 0.29) is 12.8 Å². The molecule has 0 bridgehead atoms. The number of benzene rings is 2. The lowest BCUT2D eigenvalue weighted by molar-refractivity contribution is 0.171. The minimum absolute atomic E-state index is 0.213. The standard InChI is InChI=1S/C21H23NO5/c1-22-6-5-12-17-14(22)7-11-8-15(23-2)16(24-3)9-13(11)18(17)20-21(19(12)25-4)27-10-26-20/h8-9,14H,5-7,10H2,1-4H3/t14-/m1/s1. The Balaban J connectivity index is 1.86. The summed E-state index contributed by atoms with van der Waals surface area (Å²) >= 11 is 0. The molecule has 6 nitrogen and oxygen atoms in total. The fraction of sp³-hybridized carbons (Fsp3) is 0.429. The van der Waals surface area contributed by atoms with Crippen molar-refractivity contribution in [3.05, 3.63) is 28.8 Å². The van der Waals surface area contributed by atoms with E-state index in [1.807, 2.05) is 0 Å². The Morgan fingerprint density at radius 3 is 2.48 bits per heavy atom. The van der Waals surface area contributed by atoms with Gasteiger partial charge < -0.3 is 23.7 Å². The zero-order valence-corrected chi connectivity index (χ0v) is 16.0. The van der Waals surface area contributed by atoms with Crippen LogP contribution in [0.25, 0.3) is 11.1 Å². The Morgan fingerprint density at radius 2 is 1.74 bits per heavy atom. The average Bonchev–Trinajstić information content (AvgIpc) is 3.18. The lowest BCUT2D eigenvalue weighted by Crippen LogP contribution is -2.35. The van der Waals surface area contributed by atoms with E-state index < -0.39 is 0 Å². The molecule has 2 aromatic rings. The first-order valence-electron chi connectivity index (χ1n) is 9.15. The number of rotatable bonds is 3. The number of nitrogens with zero attached hydrogens (tertiary/aromatic N) is 1. The molecule has 0 unspecified atom stereocenters. The zero-order chi connectivity index (χ0) is 18.7. The number of methoxy groups -OCH3 is 3. The van der Waals surface area contributed by atoms with Crippen molar-refractivity contribution in [3.8, 4) is 39.9 Å². The molecule has 0 amide bonds. The highest BCUT2D eigenvalue weighted by Gasteiger charge is 2.41. The molecular formula is C21H23NO5. The quantitative estimate of drug-likeness (QED) is 0.828. The topological polar surface area (TPSA) is 49.4 Å². The van der Waals surface area contributed by atoms with Crippen LogP contribution in [-0.4, -0.2) is 46.6 Å². The Morgan fingerprint density at radius 1 is 1.00 bits per heavy atom. The number of ether oxygens (including phenoxy) is 5. The predicted octanol–water partition coefficient (Wildman–Crippen LogP) is 3.19. The van der Waals surface area contributed by atoms with Crippen LogP contribution in [0.15, 0.2) is 12.1 Å². The summed E-state index contributed by atoms with van der Waals surface area (Å²) in [6.45, 7) is 1.19. The molecule has 142 valence electrons. The molecule has 0 N–H and O–H groups in total. The van der Waals surface area contributed by atoms with E-state index in [1.165, 1.54) is 16.7 Å². The molecule has 0 saturated heterocycles. The normalized spacial score (nSPS) is 19.3. The fourth-order valence-electron chi connectivity index (χ4n) is 4.72. The van der Waals surface area contributed by atoms with Crippen molar-refractivity contribution in [3.63, 3.8) is 0 Å². The van der Waals surface area contributed by atoms with Crippen molar-refractivity contribution in [2.45, 2.75) is 18.9 Å². The Hall–Kier alpha value is -2.60. The fourth-order valence-corrected chi connectivity index (χ4v) is 4.72. The second kappa shape index (κ2) is 5.96. The highest BCUT2D eigenvalue weighted by molar-refractivity contribution is 5.87. The van der Waals surface area contributed by atoms with Crippen molar-refractivity contribution in [1.82, 2.24) is 4.90 Å². The minimum Gasteiger partial charge on any atom is -0.493 e. The third-order valence-electron chi connectivity index (χ3n) is 5.99. The molecule has 0 fully saturated rings. The first-order valence-corrected chi connectivity index (χ1v) is 9.15. The van der Waals surface area contributed by atoms with Crippen LogP contribution in [0.2, 0.25) is 0 Å². The molecule has 1 aliphatic carbocycles. The summed E-state index contributed by atoms with van der Waals surface area (Å²) in [6.07, 6.45) is 1.84. The van der Waals surface area contributed by atoms with Gasteiger partial charge in [-0.25, -0.2) is 0 Å². The first-order chi connectivity index (χ1) is 13.2. The number of fused-ring (bicyclic) bond motifs is 4. The molecular weight excluding hydrogens is 346 g/mol. The largest absolute Gasteiger partial charge is 0.493 e. The maximum absolute atomic E-state index is 5.94. The summed E-state index contributed by atoms with van der Waals surface area (Å²) < 4.78 is 28.6. The van der Waals surface area contributed by atoms with Gasteiger partial charge in [-0.15, -0.1) is 0 Å². The van der Waals surface area contributed by atoms with Crippen molar-refractivity contribution < 1.29 is 23.7 Å². The highest BCUT2D eigenvalue weighted by Crippen LogP contribution is 2.59. The van der Waals surface area contributed by atoms with Gasteiger partial charge in [0.1, 0.15) is 0 Å². The van der Waals surface area contributed by atoms with E-state index >= 15 is 0 Å². The van der Waals surface area contributed by atoms with Crippen LogP contribution in [-0.2, 0) is 12.8 Å². The van der Waals surface area contributed by atoms with Gasteiger partial charge in [-0.2, -0.15) is 0 Å². The second-order valence-electron chi connectivity index (χ2n) is 7.18. The van der Waals surface area contributed by atoms with E-state index in [9.17, 15) is 0 Å². The van der Waals surface area contributed by atoms with E-state index in [0.717, 1.165) is 59.3 Å². The number of likely N-dealkylation sites (N-methyl/N-ethyl adjacent to an activating group) is 1. The summed E-state index contributed by atoms with van der Waals surface area (Å²) in [5.74, 6) is 3.79. The minimum atomic E-state index is 0.213. The molecule has 5 rings (SSSR count). The SMILES string of the molecule is COc1cc2c(cc1OC)-c1c3c(c(OC)c4c1[C@@H](C2)N(C)CC4)OCO3. The third-order valence-corrected chi connectivity index (χ3v) is 5.99. The van der Waals surface area contributed by atoms with E-state index in [1.54, 1.807) is 21.3 Å². The van der Waals surface area contributed by atoms with Crippen LogP contribution in [0.4, 0.5) is 0 Å². The van der Waals surface area contributed by atoms with Crippen LogP contribution >= 0.6 is 0 Å². The molecule has 2 heterocycles. The Kier molecular flexibility index (Phi) is 3.65. The van der Waals surface area contributed by atoms with Crippen LogP contribution in [0.5, 0.6) is 28.7 Å². The van der Waals surface area contributed by atoms with E-state index in [0.29, 0.717) is 0 Å². The molecule has 2 aliphatic heterocycles. The van der Waals surface area contributed by atoms with Gasteiger partial charge in [0.25, 0.3) is 0 Å². The summed E-state index contributed by atoms with van der Waals surface area (Å²) in [5.41, 5.74) is 5.99.